The number of fused-ring (bicyclic) bond motifs is 1. The van der Waals surface area contributed by atoms with E-state index < -0.39 is 0 Å². The van der Waals surface area contributed by atoms with Crippen LogP contribution in [0.2, 0.25) is 0 Å². The molecule has 0 fully saturated rings. The number of rotatable bonds is 4. The molecule has 0 saturated heterocycles. The third-order valence-electron chi connectivity index (χ3n) is 3.33. The molecule has 1 aromatic heterocycles. The lowest BCUT2D eigenvalue weighted by molar-refractivity contribution is -0.115. The molecule has 0 bridgehead atoms. The van der Waals surface area contributed by atoms with Gasteiger partial charge >= 0.3 is 0 Å². The summed E-state index contributed by atoms with van der Waals surface area (Å²) in [5.74, 6) is -0.0412. The average Bonchev–Trinajstić information content (AvgIpc) is 3.06. The number of aromatic nitrogens is 2. The van der Waals surface area contributed by atoms with Crippen LogP contribution in [0.15, 0.2) is 24.3 Å². The van der Waals surface area contributed by atoms with Crippen LogP contribution in [-0.2, 0) is 17.6 Å². The molecule has 2 aromatic rings. The molecule has 6 heteroatoms. The molecule has 104 valence electrons. The quantitative estimate of drug-likeness (QED) is 0.936. The first-order valence-electron chi connectivity index (χ1n) is 6.71. The van der Waals surface area contributed by atoms with E-state index in [4.69, 9.17) is 0 Å². The van der Waals surface area contributed by atoms with Crippen LogP contribution in [0, 0.1) is 0 Å². The van der Waals surface area contributed by atoms with E-state index in [2.05, 4.69) is 32.5 Å². The predicted molar refractivity (Wildman–Crippen MR) is 80.3 cm³/mol. The topological polar surface area (TPSA) is 58.1 Å². The molecule has 1 amide bonds. The summed E-state index contributed by atoms with van der Waals surface area (Å²) in [4.78, 5) is 14.2. The third kappa shape index (κ3) is 2.65. The van der Waals surface area contributed by atoms with Crippen LogP contribution in [0.5, 0.6) is 0 Å². The second-order valence-electron chi connectivity index (χ2n) is 4.70. The van der Waals surface area contributed by atoms with Gasteiger partial charge < -0.3 is 4.90 Å². The van der Waals surface area contributed by atoms with Crippen molar-refractivity contribution in [2.45, 2.75) is 19.8 Å². The van der Waals surface area contributed by atoms with E-state index in [0.29, 0.717) is 11.7 Å². The summed E-state index contributed by atoms with van der Waals surface area (Å²) in [6.07, 6.45) is 1.84. The van der Waals surface area contributed by atoms with Crippen molar-refractivity contribution in [2.75, 3.05) is 23.3 Å². The molecule has 2 heterocycles. The minimum Gasteiger partial charge on any atom is -0.362 e. The van der Waals surface area contributed by atoms with Crippen LogP contribution >= 0.6 is 11.3 Å². The summed E-state index contributed by atoms with van der Waals surface area (Å²) in [5.41, 5.74) is 2.47. The molecule has 0 spiro atoms. The molecule has 0 atom stereocenters. The molecule has 5 nitrogen and oxygen atoms in total. The first kappa shape index (κ1) is 13.1. The zero-order valence-electron chi connectivity index (χ0n) is 11.3. The minimum absolute atomic E-state index is 0.0412. The molecule has 0 radical (unpaired) electrons. The van der Waals surface area contributed by atoms with E-state index in [9.17, 15) is 4.79 Å². The van der Waals surface area contributed by atoms with Crippen molar-refractivity contribution in [3.05, 3.63) is 34.8 Å². The monoisotopic (exact) mass is 288 g/mol. The Balaban J connectivity index is 1.62. The van der Waals surface area contributed by atoms with E-state index in [0.717, 1.165) is 30.1 Å². The molecule has 0 unspecified atom stereocenters. The molecule has 20 heavy (non-hydrogen) atoms. The SMILES string of the molecule is CCc1nnc(NC(=O)CN2CCc3ccccc32)s1. The number of amides is 1. The molecular formula is C14H16N4OS. The highest BCUT2D eigenvalue weighted by Gasteiger charge is 2.20. The molecule has 0 saturated carbocycles. The van der Waals surface area contributed by atoms with Gasteiger partial charge in [-0.1, -0.05) is 36.5 Å². The van der Waals surface area contributed by atoms with Crippen LogP contribution < -0.4 is 10.2 Å². The van der Waals surface area contributed by atoms with Crippen LogP contribution in [0.4, 0.5) is 10.8 Å². The van der Waals surface area contributed by atoms with Gasteiger partial charge in [0.05, 0.1) is 6.54 Å². The number of benzene rings is 1. The van der Waals surface area contributed by atoms with E-state index in [1.54, 1.807) is 0 Å². The fourth-order valence-corrected chi connectivity index (χ4v) is 3.05. The van der Waals surface area contributed by atoms with Crippen LogP contribution in [0.1, 0.15) is 17.5 Å². The Kier molecular flexibility index (Phi) is 3.64. The largest absolute Gasteiger partial charge is 0.362 e. The fraction of sp³-hybridized carbons (Fsp3) is 0.357. The second kappa shape index (κ2) is 5.58. The Morgan fingerprint density at radius 1 is 1.40 bits per heavy atom. The van der Waals surface area contributed by atoms with Crippen molar-refractivity contribution in [3.63, 3.8) is 0 Å². The number of carbonyl (C=O) groups is 1. The maximum Gasteiger partial charge on any atom is 0.245 e. The smallest absolute Gasteiger partial charge is 0.245 e. The molecule has 3 rings (SSSR count). The summed E-state index contributed by atoms with van der Waals surface area (Å²) in [6.45, 7) is 3.27. The van der Waals surface area contributed by atoms with E-state index in [1.165, 1.54) is 16.9 Å². The first-order chi connectivity index (χ1) is 9.76. The van der Waals surface area contributed by atoms with Crippen LogP contribution in [0.3, 0.4) is 0 Å². The standard InChI is InChI=1S/C14H16N4OS/c1-2-13-16-17-14(20-13)15-12(19)9-18-8-7-10-5-3-4-6-11(10)18/h3-6H,2,7-9H2,1H3,(H,15,17,19). The molecule has 0 aliphatic carbocycles. The lowest BCUT2D eigenvalue weighted by Crippen LogP contribution is -2.31. The number of nitrogens with zero attached hydrogens (tertiary/aromatic N) is 3. The minimum atomic E-state index is -0.0412. The maximum atomic E-state index is 12.1. The Bertz CT molecular complexity index is 625. The first-order valence-corrected chi connectivity index (χ1v) is 7.53. The highest BCUT2D eigenvalue weighted by atomic mass is 32.1. The van der Waals surface area contributed by atoms with Gasteiger partial charge in [0.2, 0.25) is 11.0 Å². The van der Waals surface area contributed by atoms with Crippen molar-refractivity contribution in [2.24, 2.45) is 0 Å². The van der Waals surface area contributed by atoms with Gasteiger partial charge in [-0.2, -0.15) is 0 Å². The summed E-state index contributed by atoms with van der Waals surface area (Å²) in [6, 6.07) is 8.23. The highest BCUT2D eigenvalue weighted by Crippen LogP contribution is 2.27. The summed E-state index contributed by atoms with van der Waals surface area (Å²) < 4.78 is 0. The van der Waals surface area contributed by atoms with Crippen molar-refractivity contribution < 1.29 is 4.79 Å². The Morgan fingerprint density at radius 2 is 2.25 bits per heavy atom. The zero-order chi connectivity index (χ0) is 13.9. The Labute approximate surface area is 121 Å². The summed E-state index contributed by atoms with van der Waals surface area (Å²) >= 11 is 1.43. The van der Waals surface area contributed by atoms with Crippen molar-refractivity contribution >= 4 is 28.1 Å². The number of aryl methyl sites for hydroxylation is 1. The van der Waals surface area contributed by atoms with E-state index >= 15 is 0 Å². The highest BCUT2D eigenvalue weighted by molar-refractivity contribution is 7.15. The number of para-hydroxylation sites is 1. The van der Waals surface area contributed by atoms with Gasteiger partial charge in [0.15, 0.2) is 0 Å². The number of anilines is 2. The van der Waals surface area contributed by atoms with Gasteiger partial charge in [-0.15, -0.1) is 10.2 Å². The molecule has 1 aromatic carbocycles. The number of carbonyl (C=O) groups excluding carboxylic acids is 1. The van der Waals surface area contributed by atoms with Gasteiger partial charge in [0.1, 0.15) is 5.01 Å². The number of hydrogen-bond donors (Lipinski definition) is 1. The average molecular weight is 288 g/mol. The molecule has 1 aliphatic heterocycles. The third-order valence-corrected chi connectivity index (χ3v) is 4.32. The number of nitrogens with one attached hydrogen (secondary N) is 1. The Morgan fingerprint density at radius 3 is 3.05 bits per heavy atom. The maximum absolute atomic E-state index is 12.1. The normalized spacial score (nSPS) is 13.3. The van der Waals surface area contributed by atoms with Gasteiger partial charge in [0, 0.05) is 12.2 Å². The van der Waals surface area contributed by atoms with Crippen molar-refractivity contribution in [3.8, 4) is 0 Å². The fourth-order valence-electron chi connectivity index (χ4n) is 2.35. The van der Waals surface area contributed by atoms with Gasteiger partial charge in [0.25, 0.3) is 0 Å². The number of hydrogen-bond acceptors (Lipinski definition) is 5. The van der Waals surface area contributed by atoms with Gasteiger partial charge in [-0.3, -0.25) is 10.1 Å². The predicted octanol–water partition coefficient (Wildman–Crippen LogP) is 2.10. The summed E-state index contributed by atoms with van der Waals surface area (Å²) in [7, 11) is 0. The lowest BCUT2D eigenvalue weighted by Gasteiger charge is -2.18. The zero-order valence-corrected chi connectivity index (χ0v) is 12.1. The summed E-state index contributed by atoms with van der Waals surface area (Å²) in [5, 5.41) is 12.3. The Hall–Kier alpha value is -1.95. The van der Waals surface area contributed by atoms with Crippen molar-refractivity contribution in [1.29, 1.82) is 0 Å². The molecule has 1 aliphatic rings. The second-order valence-corrected chi connectivity index (χ2v) is 5.77. The van der Waals surface area contributed by atoms with Crippen molar-refractivity contribution in [1.82, 2.24) is 10.2 Å². The van der Waals surface area contributed by atoms with Gasteiger partial charge in [-0.25, -0.2) is 0 Å². The van der Waals surface area contributed by atoms with E-state index in [-0.39, 0.29) is 5.91 Å². The molecular weight excluding hydrogens is 272 g/mol. The molecule has 1 N–H and O–H groups in total. The van der Waals surface area contributed by atoms with E-state index in [1.807, 2.05) is 19.1 Å². The van der Waals surface area contributed by atoms with Gasteiger partial charge in [-0.05, 0) is 24.5 Å². The van der Waals surface area contributed by atoms with Crippen LogP contribution in [-0.4, -0.2) is 29.2 Å². The lowest BCUT2D eigenvalue weighted by atomic mass is 10.2. The van der Waals surface area contributed by atoms with Crippen LogP contribution in [0.25, 0.3) is 0 Å².